The van der Waals surface area contributed by atoms with Gasteiger partial charge in [0.2, 0.25) is 5.76 Å². The third kappa shape index (κ3) is 4.39. The number of carbonyl (C=O) groups is 1. The van der Waals surface area contributed by atoms with Crippen LogP contribution in [0.3, 0.4) is 0 Å². The lowest BCUT2D eigenvalue weighted by molar-refractivity contribution is 0.0512. The van der Waals surface area contributed by atoms with Crippen molar-refractivity contribution in [2.45, 2.75) is 44.2 Å². The largest absolute Gasteiger partial charge is 0.393 e. The smallest absolute Gasteiger partial charge is 0.292 e. The molecular formula is C21H27N3O3. The molecule has 1 atom stereocenters. The maximum atomic E-state index is 12.6. The molecule has 1 aromatic heterocycles. The summed E-state index contributed by atoms with van der Waals surface area (Å²) >= 11 is 0. The molecule has 2 aliphatic heterocycles. The Morgan fingerprint density at radius 3 is 2.70 bits per heavy atom. The average Bonchev–Trinajstić information content (AvgIpc) is 3.19. The molecule has 6 nitrogen and oxygen atoms in total. The fraction of sp³-hybridized carbons (Fsp3) is 0.524. The maximum Gasteiger partial charge on any atom is 0.292 e. The van der Waals surface area contributed by atoms with E-state index < -0.39 is 0 Å². The lowest BCUT2D eigenvalue weighted by atomic mass is 9.94. The minimum absolute atomic E-state index is 0.113. The summed E-state index contributed by atoms with van der Waals surface area (Å²) in [6.07, 6.45) is 3.16. The topological polar surface area (TPSA) is 69.8 Å². The lowest BCUT2D eigenvalue weighted by Crippen LogP contribution is -2.39. The third-order valence-electron chi connectivity index (χ3n) is 5.66. The second-order valence-electron chi connectivity index (χ2n) is 7.70. The highest BCUT2D eigenvalue weighted by molar-refractivity contribution is 5.91. The van der Waals surface area contributed by atoms with E-state index in [9.17, 15) is 9.90 Å². The monoisotopic (exact) mass is 369 g/mol. The van der Waals surface area contributed by atoms with Crippen molar-refractivity contribution in [3.8, 4) is 0 Å². The molecule has 2 saturated heterocycles. The maximum absolute atomic E-state index is 12.6. The van der Waals surface area contributed by atoms with E-state index in [1.807, 2.05) is 12.1 Å². The standard InChI is InChI=1S/C21H27N3O3/c25-18-8-11-24(12-9-18)21(26)20-13-19(22-27-20)17-7-4-10-23(15-17)14-16-5-2-1-3-6-16/h1-3,5-6,13,17-18,25H,4,7-12,14-15H2. The van der Waals surface area contributed by atoms with Gasteiger partial charge in [-0.3, -0.25) is 9.69 Å². The fourth-order valence-corrected chi connectivity index (χ4v) is 4.09. The number of hydrogen-bond acceptors (Lipinski definition) is 5. The van der Waals surface area contributed by atoms with Gasteiger partial charge in [0.25, 0.3) is 5.91 Å². The number of benzene rings is 1. The van der Waals surface area contributed by atoms with Crippen molar-refractivity contribution < 1.29 is 14.4 Å². The Kier molecular flexibility index (Phi) is 5.55. The van der Waals surface area contributed by atoms with Crippen LogP contribution in [0.4, 0.5) is 0 Å². The first-order valence-corrected chi connectivity index (χ1v) is 9.89. The predicted octanol–water partition coefficient (Wildman–Crippen LogP) is 2.65. The number of aliphatic hydroxyl groups is 1. The van der Waals surface area contributed by atoms with Gasteiger partial charge < -0.3 is 14.5 Å². The highest BCUT2D eigenvalue weighted by Crippen LogP contribution is 2.28. The van der Waals surface area contributed by atoms with Gasteiger partial charge in [-0.25, -0.2) is 0 Å². The number of amides is 1. The molecule has 4 rings (SSSR count). The molecule has 3 heterocycles. The highest BCUT2D eigenvalue weighted by atomic mass is 16.5. The summed E-state index contributed by atoms with van der Waals surface area (Å²) in [4.78, 5) is 16.8. The first-order valence-electron chi connectivity index (χ1n) is 9.89. The number of aromatic nitrogens is 1. The molecule has 2 aliphatic rings. The van der Waals surface area contributed by atoms with Gasteiger partial charge >= 0.3 is 0 Å². The van der Waals surface area contributed by atoms with Gasteiger partial charge in [-0.05, 0) is 37.8 Å². The molecule has 2 aromatic rings. The van der Waals surface area contributed by atoms with Crippen LogP contribution >= 0.6 is 0 Å². The summed E-state index contributed by atoms with van der Waals surface area (Å²) in [6.45, 7) is 4.11. The number of carbonyl (C=O) groups excluding carboxylic acids is 1. The number of nitrogens with zero attached hydrogens (tertiary/aromatic N) is 3. The second kappa shape index (κ2) is 8.23. The van der Waals surface area contributed by atoms with Gasteiger partial charge in [0, 0.05) is 38.2 Å². The van der Waals surface area contributed by atoms with Crippen LogP contribution < -0.4 is 0 Å². The van der Waals surface area contributed by atoms with E-state index in [2.05, 4.69) is 34.3 Å². The zero-order chi connectivity index (χ0) is 18.6. The minimum atomic E-state index is -0.294. The molecule has 0 bridgehead atoms. The summed E-state index contributed by atoms with van der Waals surface area (Å²) in [5.74, 6) is 0.509. The fourth-order valence-electron chi connectivity index (χ4n) is 4.09. The number of aliphatic hydroxyl groups excluding tert-OH is 1. The van der Waals surface area contributed by atoms with Crippen molar-refractivity contribution in [2.24, 2.45) is 0 Å². The van der Waals surface area contributed by atoms with Crippen molar-refractivity contribution >= 4 is 5.91 Å². The van der Waals surface area contributed by atoms with Gasteiger partial charge in [0.15, 0.2) is 0 Å². The molecule has 0 aliphatic carbocycles. The first-order chi connectivity index (χ1) is 13.2. The first kappa shape index (κ1) is 18.2. The summed E-state index contributed by atoms with van der Waals surface area (Å²) in [5.41, 5.74) is 2.20. The Bertz CT molecular complexity index is 753. The summed E-state index contributed by atoms with van der Waals surface area (Å²) in [6, 6.07) is 12.3. The van der Waals surface area contributed by atoms with Crippen molar-refractivity contribution in [1.29, 1.82) is 0 Å². The van der Waals surface area contributed by atoms with Gasteiger partial charge in [-0.1, -0.05) is 35.5 Å². The Balaban J connectivity index is 1.38. The molecule has 6 heteroatoms. The van der Waals surface area contributed by atoms with E-state index in [0.717, 1.165) is 38.2 Å². The number of piperidine rings is 2. The quantitative estimate of drug-likeness (QED) is 0.897. The van der Waals surface area contributed by atoms with Crippen molar-refractivity contribution in [3.63, 3.8) is 0 Å². The van der Waals surface area contributed by atoms with E-state index in [1.54, 1.807) is 4.90 Å². The summed E-state index contributed by atoms with van der Waals surface area (Å²) in [5, 5.41) is 13.8. The molecule has 1 N–H and O–H groups in total. The molecule has 1 aromatic carbocycles. The molecule has 0 spiro atoms. The molecule has 27 heavy (non-hydrogen) atoms. The van der Waals surface area contributed by atoms with Crippen LogP contribution in [0.5, 0.6) is 0 Å². The molecule has 1 unspecified atom stereocenters. The van der Waals surface area contributed by atoms with Crippen LogP contribution in [0.15, 0.2) is 40.9 Å². The number of rotatable bonds is 4. The van der Waals surface area contributed by atoms with Crippen molar-refractivity contribution in [2.75, 3.05) is 26.2 Å². The minimum Gasteiger partial charge on any atom is -0.393 e. The molecule has 144 valence electrons. The highest BCUT2D eigenvalue weighted by Gasteiger charge is 2.28. The number of hydrogen-bond donors (Lipinski definition) is 1. The Hall–Kier alpha value is -2.18. The summed E-state index contributed by atoms with van der Waals surface area (Å²) < 4.78 is 5.39. The zero-order valence-corrected chi connectivity index (χ0v) is 15.6. The van der Waals surface area contributed by atoms with Gasteiger partial charge in [0.1, 0.15) is 0 Å². The molecule has 2 fully saturated rings. The van der Waals surface area contributed by atoms with E-state index in [0.29, 0.717) is 37.6 Å². The van der Waals surface area contributed by atoms with Crippen LogP contribution in [-0.4, -0.2) is 58.3 Å². The van der Waals surface area contributed by atoms with E-state index in [4.69, 9.17) is 4.52 Å². The van der Waals surface area contributed by atoms with E-state index in [1.165, 1.54) is 5.56 Å². The molecule has 1 amide bonds. The lowest BCUT2D eigenvalue weighted by Gasteiger charge is -2.31. The van der Waals surface area contributed by atoms with Crippen LogP contribution in [0.2, 0.25) is 0 Å². The van der Waals surface area contributed by atoms with Crippen LogP contribution in [0, 0.1) is 0 Å². The Morgan fingerprint density at radius 2 is 1.93 bits per heavy atom. The molecule has 0 radical (unpaired) electrons. The summed E-state index contributed by atoms with van der Waals surface area (Å²) in [7, 11) is 0. The van der Waals surface area contributed by atoms with Crippen LogP contribution in [-0.2, 0) is 6.54 Å². The van der Waals surface area contributed by atoms with Gasteiger partial charge in [-0.15, -0.1) is 0 Å². The second-order valence-corrected chi connectivity index (χ2v) is 7.70. The third-order valence-corrected chi connectivity index (χ3v) is 5.66. The zero-order valence-electron chi connectivity index (χ0n) is 15.6. The van der Waals surface area contributed by atoms with Gasteiger partial charge in [0.05, 0.1) is 11.8 Å². The SMILES string of the molecule is O=C(c1cc(C2CCCN(Cc3ccccc3)C2)no1)N1CCC(O)CC1. The van der Waals surface area contributed by atoms with Crippen LogP contribution in [0.25, 0.3) is 0 Å². The van der Waals surface area contributed by atoms with Crippen molar-refractivity contribution in [1.82, 2.24) is 15.0 Å². The van der Waals surface area contributed by atoms with Gasteiger partial charge in [-0.2, -0.15) is 0 Å². The molecule has 0 saturated carbocycles. The Morgan fingerprint density at radius 1 is 1.15 bits per heavy atom. The van der Waals surface area contributed by atoms with Crippen molar-refractivity contribution in [3.05, 3.63) is 53.4 Å². The molecular weight excluding hydrogens is 342 g/mol. The van der Waals surface area contributed by atoms with E-state index in [-0.39, 0.29) is 12.0 Å². The average molecular weight is 369 g/mol. The van der Waals surface area contributed by atoms with Crippen LogP contribution in [0.1, 0.15) is 53.4 Å². The normalized spacial score (nSPS) is 22.1. The number of likely N-dealkylation sites (tertiary alicyclic amines) is 2. The predicted molar refractivity (Wildman–Crippen MR) is 101 cm³/mol. The van der Waals surface area contributed by atoms with E-state index >= 15 is 0 Å². The Labute approximate surface area is 159 Å².